The predicted molar refractivity (Wildman–Crippen MR) is 118 cm³/mol. The molecule has 4 aromatic carbocycles. The van der Waals surface area contributed by atoms with Crippen molar-refractivity contribution in [2.45, 2.75) is 25.2 Å². The summed E-state index contributed by atoms with van der Waals surface area (Å²) in [5, 5.41) is 6.69. The molecule has 0 radical (unpaired) electrons. The molecule has 0 saturated carbocycles. The first-order valence-corrected chi connectivity index (χ1v) is 10.2. The van der Waals surface area contributed by atoms with Gasteiger partial charge in [0, 0.05) is 17.0 Å². The third-order valence-electron chi connectivity index (χ3n) is 6.35. The summed E-state index contributed by atoms with van der Waals surface area (Å²) in [6.45, 7) is 0. The summed E-state index contributed by atoms with van der Waals surface area (Å²) in [5.74, 6) is 0.393. The molecular formula is C27H21N. The van der Waals surface area contributed by atoms with Crippen molar-refractivity contribution in [1.29, 1.82) is 0 Å². The van der Waals surface area contributed by atoms with E-state index in [0.29, 0.717) is 5.92 Å². The van der Waals surface area contributed by atoms with Gasteiger partial charge in [0.15, 0.2) is 0 Å². The zero-order valence-electron chi connectivity index (χ0n) is 15.7. The molecule has 134 valence electrons. The molecule has 1 aliphatic rings. The van der Waals surface area contributed by atoms with Gasteiger partial charge in [-0.1, -0.05) is 72.8 Å². The number of pyridine rings is 1. The molecule has 5 aromatic rings. The molecule has 6 rings (SSSR count). The standard InChI is InChI=1S/C27H21N/c1-3-8-20-18(6-1)12-14-23-21-9-5-10-25(24(21)16-15-22(20)23)27-17-13-19-7-2-4-11-26(19)28-27/h1-4,6-8,11-17,25H,5,9-10H2. The molecule has 1 heteroatoms. The molecule has 1 nitrogen and oxygen atoms in total. The molecule has 0 saturated heterocycles. The molecular weight excluding hydrogens is 338 g/mol. The fraction of sp³-hybridized carbons (Fsp3) is 0.148. The van der Waals surface area contributed by atoms with E-state index in [4.69, 9.17) is 4.98 Å². The Morgan fingerprint density at radius 3 is 2.39 bits per heavy atom. The van der Waals surface area contributed by atoms with Crippen molar-refractivity contribution in [3.8, 4) is 0 Å². The van der Waals surface area contributed by atoms with Crippen LogP contribution in [0.15, 0.2) is 84.9 Å². The van der Waals surface area contributed by atoms with Crippen molar-refractivity contribution >= 4 is 32.4 Å². The Morgan fingerprint density at radius 2 is 1.43 bits per heavy atom. The van der Waals surface area contributed by atoms with Crippen LogP contribution in [0.4, 0.5) is 0 Å². The zero-order valence-corrected chi connectivity index (χ0v) is 15.7. The Bertz CT molecular complexity index is 1350. The molecule has 0 amide bonds. The molecule has 0 aliphatic heterocycles. The zero-order chi connectivity index (χ0) is 18.5. The van der Waals surface area contributed by atoms with Gasteiger partial charge in [0.05, 0.1) is 5.52 Å². The van der Waals surface area contributed by atoms with Gasteiger partial charge in [0.25, 0.3) is 0 Å². The SMILES string of the molecule is c1ccc2nc(C3CCCc4c3ccc3c4ccc4ccccc43)ccc2c1. The Balaban J connectivity index is 1.56. The highest BCUT2D eigenvalue weighted by molar-refractivity contribution is 6.08. The maximum absolute atomic E-state index is 5.03. The minimum absolute atomic E-state index is 0.393. The van der Waals surface area contributed by atoms with Gasteiger partial charge in [-0.3, -0.25) is 4.98 Å². The third-order valence-corrected chi connectivity index (χ3v) is 6.35. The predicted octanol–water partition coefficient (Wildman–Crippen LogP) is 7.01. The van der Waals surface area contributed by atoms with Crippen molar-refractivity contribution in [2.24, 2.45) is 0 Å². The molecule has 1 unspecified atom stereocenters. The van der Waals surface area contributed by atoms with Crippen LogP contribution < -0.4 is 0 Å². The minimum Gasteiger partial charge on any atom is -0.252 e. The second kappa shape index (κ2) is 6.17. The number of aryl methyl sites for hydroxylation is 1. The van der Waals surface area contributed by atoms with Crippen molar-refractivity contribution < 1.29 is 0 Å². The Kier molecular flexibility index (Phi) is 3.49. The number of aromatic nitrogens is 1. The van der Waals surface area contributed by atoms with E-state index in [1.165, 1.54) is 56.6 Å². The van der Waals surface area contributed by atoms with E-state index in [1.807, 2.05) is 0 Å². The van der Waals surface area contributed by atoms with Crippen LogP contribution in [-0.2, 0) is 6.42 Å². The van der Waals surface area contributed by atoms with Crippen LogP contribution >= 0.6 is 0 Å². The second-order valence-corrected chi connectivity index (χ2v) is 7.89. The first-order chi connectivity index (χ1) is 13.9. The first kappa shape index (κ1) is 15.8. The van der Waals surface area contributed by atoms with Crippen LogP contribution in [0, 0.1) is 0 Å². The maximum Gasteiger partial charge on any atom is 0.0705 e. The molecule has 0 spiro atoms. The van der Waals surface area contributed by atoms with Gasteiger partial charge in [-0.2, -0.15) is 0 Å². The number of benzene rings is 4. The van der Waals surface area contributed by atoms with E-state index >= 15 is 0 Å². The lowest BCUT2D eigenvalue weighted by Gasteiger charge is -2.27. The molecule has 1 heterocycles. The molecule has 0 bridgehead atoms. The van der Waals surface area contributed by atoms with Gasteiger partial charge in [-0.05, 0) is 64.1 Å². The van der Waals surface area contributed by atoms with Crippen LogP contribution in [0.2, 0.25) is 0 Å². The lowest BCUT2D eigenvalue weighted by molar-refractivity contribution is 0.609. The van der Waals surface area contributed by atoms with Gasteiger partial charge >= 0.3 is 0 Å². The van der Waals surface area contributed by atoms with Crippen molar-refractivity contribution in [3.63, 3.8) is 0 Å². The van der Waals surface area contributed by atoms with Gasteiger partial charge in [-0.15, -0.1) is 0 Å². The number of hydrogen-bond acceptors (Lipinski definition) is 1. The highest BCUT2D eigenvalue weighted by Crippen LogP contribution is 2.40. The Hall–Kier alpha value is -3.19. The quantitative estimate of drug-likeness (QED) is 0.293. The Labute approximate surface area is 164 Å². The molecule has 28 heavy (non-hydrogen) atoms. The summed E-state index contributed by atoms with van der Waals surface area (Å²) in [5.41, 5.74) is 5.30. The fourth-order valence-corrected chi connectivity index (χ4v) is 4.99. The molecule has 0 N–H and O–H groups in total. The third kappa shape index (κ3) is 2.36. The van der Waals surface area contributed by atoms with E-state index < -0.39 is 0 Å². The minimum atomic E-state index is 0.393. The second-order valence-electron chi connectivity index (χ2n) is 7.89. The van der Waals surface area contributed by atoms with Crippen molar-refractivity contribution in [1.82, 2.24) is 4.98 Å². The molecule has 1 aromatic heterocycles. The van der Waals surface area contributed by atoms with Crippen LogP contribution in [0.3, 0.4) is 0 Å². The molecule has 1 aliphatic carbocycles. The first-order valence-electron chi connectivity index (χ1n) is 10.2. The average molecular weight is 359 g/mol. The largest absolute Gasteiger partial charge is 0.252 e. The van der Waals surface area contributed by atoms with Gasteiger partial charge in [-0.25, -0.2) is 0 Å². The van der Waals surface area contributed by atoms with Gasteiger partial charge in [0.1, 0.15) is 0 Å². The summed E-state index contributed by atoms with van der Waals surface area (Å²) in [4.78, 5) is 5.03. The van der Waals surface area contributed by atoms with E-state index in [1.54, 1.807) is 0 Å². The number of hydrogen-bond donors (Lipinski definition) is 0. The summed E-state index contributed by atoms with van der Waals surface area (Å²) < 4.78 is 0. The van der Waals surface area contributed by atoms with Gasteiger partial charge < -0.3 is 0 Å². The summed E-state index contributed by atoms with van der Waals surface area (Å²) in [6.07, 6.45) is 3.56. The maximum atomic E-state index is 5.03. The van der Waals surface area contributed by atoms with Gasteiger partial charge in [0.2, 0.25) is 0 Å². The molecule has 0 fully saturated rings. The number of para-hydroxylation sites is 1. The van der Waals surface area contributed by atoms with Crippen LogP contribution in [-0.4, -0.2) is 4.98 Å². The summed E-state index contributed by atoms with van der Waals surface area (Å²) >= 11 is 0. The molecule has 1 atom stereocenters. The van der Waals surface area contributed by atoms with E-state index in [-0.39, 0.29) is 0 Å². The van der Waals surface area contributed by atoms with E-state index in [0.717, 1.165) is 11.9 Å². The van der Waals surface area contributed by atoms with Crippen LogP contribution in [0.5, 0.6) is 0 Å². The lowest BCUT2D eigenvalue weighted by Crippen LogP contribution is -2.13. The Morgan fingerprint density at radius 1 is 0.643 bits per heavy atom. The smallest absolute Gasteiger partial charge is 0.0705 e. The average Bonchev–Trinajstić information content (AvgIpc) is 2.78. The number of nitrogens with zero attached hydrogens (tertiary/aromatic N) is 1. The summed E-state index contributed by atoms with van der Waals surface area (Å²) in [6, 6.07) is 30.9. The lowest BCUT2D eigenvalue weighted by atomic mass is 9.78. The normalized spacial score (nSPS) is 16.5. The number of fused-ring (bicyclic) bond motifs is 6. The number of rotatable bonds is 1. The fourth-order valence-electron chi connectivity index (χ4n) is 4.99. The van der Waals surface area contributed by atoms with Crippen molar-refractivity contribution in [3.05, 3.63) is 102 Å². The van der Waals surface area contributed by atoms with Crippen LogP contribution in [0.1, 0.15) is 35.6 Å². The van der Waals surface area contributed by atoms with Crippen molar-refractivity contribution in [2.75, 3.05) is 0 Å². The highest BCUT2D eigenvalue weighted by Gasteiger charge is 2.24. The topological polar surface area (TPSA) is 12.9 Å². The van der Waals surface area contributed by atoms with E-state index in [9.17, 15) is 0 Å². The monoisotopic (exact) mass is 359 g/mol. The summed E-state index contributed by atoms with van der Waals surface area (Å²) in [7, 11) is 0. The highest BCUT2D eigenvalue weighted by atomic mass is 14.7. The van der Waals surface area contributed by atoms with Crippen LogP contribution in [0.25, 0.3) is 32.4 Å². The van der Waals surface area contributed by atoms with E-state index in [2.05, 4.69) is 84.9 Å².